The summed E-state index contributed by atoms with van der Waals surface area (Å²) in [5.41, 5.74) is 2.17. The number of hydrogen-bond donors (Lipinski definition) is 2. The van der Waals surface area contributed by atoms with Crippen LogP contribution in [0.15, 0.2) is 48.0 Å². The molecule has 0 unspecified atom stereocenters. The highest BCUT2D eigenvalue weighted by molar-refractivity contribution is 5.72. The van der Waals surface area contributed by atoms with Crippen LogP contribution < -0.4 is 11.0 Å². The zero-order valence-electron chi connectivity index (χ0n) is 19.2. The van der Waals surface area contributed by atoms with E-state index in [2.05, 4.69) is 39.0 Å². The van der Waals surface area contributed by atoms with E-state index < -0.39 is 11.9 Å². The molecule has 2 aromatic heterocycles. The molecule has 1 aromatic carbocycles. The van der Waals surface area contributed by atoms with E-state index in [1.165, 1.54) is 17.0 Å². The number of phenols is 1. The second-order valence-electron chi connectivity index (χ2n) is 9.59. The number of fused-ring (bicyclic) bond motifs is 2. The molecule has 8 nitrogen and oxygen atoms in total. The Morgan fingerprint density at radius 3 is 2.82 bits per heavy atom. The van der Waals surface area contributed by atoms with Gasteiger partial charge in [-0.25, -0.2) is 14.2 Å². The van der Waals surface area contributed by atoms with Crippen molar-refractivity contribution in [1.29, 1.82) is 0 Å². The summed E-state index contributed by atoms with van der Waals surface area (Å²) in [6, 6.07) is 8.24. The lowest BCUT2D eigenvalue weighted by Gasteiger charge is -2.49. The van der Waals surface area contributed by atoms with Crippen LogP contribution in [0, 0.1) is 5.92 Å². The molecule has 0 saturated carbocycles. The third kappa shape index (κ3) is 4.00. The second kappa shape index (κ2) is 8.39. The van der Waals surface area contributed by atoms with Crippen molar-refractivity contribution in [3.8, 4) is 28.4 Å². The maximum Gasteiger partial charge on any atom is 0.350 e. The first-order chi connectivity index (χ1) is 16.2. The van der Waals surface area contributed by atoms with Gasteiger partial charge in [0.05, 0.1) is 11.4 Å². The third-order valence-electron chi connectivity index (χ3n) is 7.05. The molecule has 0 amide bonds. The van der Waals surface area contributed by atoms with Crippen LogP contribution >= 0.6 is 0 Å². The fraction of sp³-hybridized carbons (Fsp3) is 0.400. The summed E-state index contributed by atoms with van der Waals surface area (Å²) in [6.45, 7) is 6.33. The lowest BCUT2D eigenvalue weighted by molar-refractivity contribution is 0.0525. The number of piperidine rings is 2. The Morgan fingerprint density at radius 1 is 1.29 bits per heavy atom. The van der Waals surface area contributed by atoms with Gasteiger partial charge in [-0.2, -0.15) is 10.1 Å². The van der Waals surface area contributed by atoms with Crippen LogP contribution in [0.5, 0.6) is 5.75 Å². The Hall–Kier alpha value is -3.46. The van der Waals surface area contributed by atoms with Gasteiger partial charge in [0.1, 0.15) is 18.2 Å². The maximum absolute atomic E-state index is 15.2. The van der Waals surface area contributed by atoms with Crippen molar-refractivity contribution in [2.45, 2.75) is 50.4 Å². The highest BCUT2D eigenvalue weighted by Gasteiger charge is 2.46. The van der Waals surface area contributed by atoms with Gasteiger partial charge in [-0.3, -0.25) is 4.57 Å². The fourth-order valence-electron chi connectivity index (χ4n) is 5.15. The standard InChI is InChI=1S/C25H27FN6O2/c1-14(17-12-25(2)10-4-5-20(29-25)22(17)26)18-8-9-19(31-30-18)16-7-6-15(11-21(16)33)23-27-13-32(3)24(34)28-23/h6-9,11,13,17,20,22,29,33H,1,4-5,10,12H2,2-3H3/t17-,20-,22+,25+/m0/s1. The second-order valence-corrected chi connectivity index (χ2v) is 9.59. The number of phenolic OH excluding ortho intramolecular Hbond substituents is 1. The van der Waals surface area contributed by atoms with Crippen LogP contribution in [-0.2, 0) is 7.05 Å². The molecular formula is C25H27FN6O2. The Morgan fingerprint density at radius 2 is 2.12 bits per heavy atom. The number of benzene rings is 1. The van der Waals surface area contributed by atoms with Gasteiger partial charge >= 0.3 is 5.69 Å². The van der Waals surface area contributed by atoms with E-state index in [0.29, 0.717) is 34.5 Å². The Bertz CT molecular complexity index is 1310. The highest BCUT2D eigenvalue weighted by atomic mass is 19.1. The van der Waals surface area contributed by atoms with Gasteiger partial charge in [-0.05, 0) is 62.4 Å². The average molecular weight is 463 g/mol. The minimum atomic E-state index is -1.00. The number of alkyl halides is 1. The lowest BCUT2D eigenvalue weighted by Crippen LogP contribution is -2.62. The van der Waals surface area contributed by atoms with Crippen LogP contribution in [-0.4, -0.2) is 47.6 Å². The summed E-state index contributed by atoms with van der Waals surface area (Å²) >= 11 is 0. The molecule has 2 saturated heterocycles. The molecule has 2 bridgehead atoms. The number of rotatable bonds is 4. The van der Waals surface area contributed by atoms with Gasteiger partial charge in [0.2, 0.25) is 0 Å². The van der Waals surface area contributed by atoms with Crippen molar-refractivity contribution in [2.75, 3.05) is 0 Å². The first kappa shape index (κ1) is 22.3. The van der Waals surface area contributed by atoms with Crippen LogP contribution in [0.25, 0.3) is 28.2 Å². The van der Waals surface area contributed by atoms with Crippen molar-refractivity contribution in [2.24, 2.45) is 13.0 Å². The fourth-order valence-corrected chi connectivity index (χ4v) is 5.15. The number of aryl methyl sites for hydroxylation is 1. The third-order valence-corrected chi connectivity index (χ3v) is 7.05. The zero-order chi connectivity index (χ0) is 24.0. The molecule has 2 aliphatic heterocycles. The number of nitrogens with zero attached hydrogens (tertiary/aromatic N) is 5. The predicted molar refractivity (Wildman–Crippen MR) is 127 cm³/mol. The van der Waals surface area contributed by atoms with Gasteiger partial charge in [-0.15, -0.1) is 5.10 Å². The monoisotopic (exact) mass is 462 g/mol. The molecule has 0 radical (unpaired) electrons. The van der Waals surface area contributed by atoms with Gasteiger partial charge in [-0.1, -0.05) is 12.6 Å². The summed E-state index contributed by atoms with van der Waals surface area (Å²) < 4.78 is 16.5. The summed E-state index contributed by atoms with van der Waals surface area (Å²) in [7, 11) is 1.56. The van der Waals surface area contributed by atoms with Crippen molar-refractivity contribution < 1.29 is 9.50 Å². The van der Waals surface area contributed by atoms with Crippen LogP contribution in [0.1, 0.15) is 38.3 Å². The zero-order valence-corrected chi connectivity index (χ0v) is 19.2. The molecular weight excluding hydrogens is 435 g/mol. The maximum atomic E-state index is 15.2. The Balaban J connectivity index is 1.37. The smallest absolute Gasteiger partial charge is 0.350 e. The molecule has 2 fully saturated rings. The first-order valence-electron chi connectivity index (χ1n) is 11.4. The lowest BCUT2D eigenvalue weighted by atomic mass is 9.69. The van der Waals surface area contributed by atoms with Gasteiger partial charge < -0.3 is 10.4 Å². The van der Waals surface area contributed by atoms with E-state index in [0.717, 1.165) is 19.3 Å². The van der Waals surface area contributed by atoms with Crippen molar-refractivity contribution in [1.82, 2.24) is 30.0 Å². The normalized spacial score (nSPS) is 26.3. The van der Waals surface area contributed by atoms with Gasteiger partial charge in [0.25, 0.3) is 0 Å². The molecule has 5 rings (SSSR count). The summed E-state index contributed by atoms with van der Waals surface area (Å²) in [4.78, 5) is 19.8. The van der Waals surface area contributed by atoms with E-state index >= 15 is 4.39 Å². The van der Waals surface area contributed by atoms with E-state index in [1.54, 1.807) is 31.3 Å². The topological polar surface area (TPSA) is 106 Å². The van der Waals surface area contributed by atoms with Crippen molar-refractivity contribution in [3.05, 3.63) is 59.4 Å². The summed E-state index contributed by atoms with van der Waals surface area (Å²) in [6.07, 6.45) is 3.96. The molecule has 3 aromatic rings. The molecule has 4 heterocycles. The summed E-state index contributed by atoms with van der Waals surface area (Å²) in [5, 5.41) is 22.6. The molecule has 4 atom stereocenters. The highest BCUT2D eigenvalue weighted by Crippen LogP contribution is 2.43. The Labute approximate surface area is 196 Å². The quantitative estimate of drug-likeness (QED) is 0.613. The van der Waals surface area contributed by atoms with Crippen LogP contribution in [0.3, 0.4) is 0 Å². The first-order valence-corrected chi connectivity index (χ1v) is 11.4. The molecule has 0 spiro atoms. The van der Waals surface area contributed by atoms with Gasteiger partial charge in [0, 0.05) is 35.7 Å². The molecule has 0 aliphatic carbocycles. The van der Waals surface area contributed by atoms with Crippen LogP contribution in [0.2, 0.25) is 0 Å². The van der Waals surface area contributed by atoms with Gasteiger partial charge in [0.15, 0.2) is 5.82 Å². The number of aromatic hydroxyl groups is 1. The van der Waals surface area contributed by atoms with E-state index in [4.69, 9.17) is 0 Å². The van der Waals surface area contributed by atoms with Crippen LogP contribution in [0.4, 0.5) is 4.39 Å². The minimum Gasteiger partial charge on any atom is -0.507 e. The van der Waals surface area contributed by atoms with E-state index in [9.17, 15) is 9.90 Å². The predicted octanol–water partition coefficient (Wildman–Crippen LogP) is 3.28. The molecule has 2 N–H and O–H groups in total. The minimum absolute atomic E-state index is 0.0365. The number of aromatic nitrogens is 5. The number of allylic oxidation sites excluding steroid dienone is 1. The molecule has 34 heavy (non-hydrogen) atoms. The summed E-state index contributed by atoms with van der Waals surface area (Å²) in [5.74, 6) is -0.113. The molecule has 2 aliphatic rings. The number of hydrogen-bond acceptors (Lipinski definition) is 7. The van der Waals surface area contributed by atoms with E-state index in [1.807, 2.05) is 0 Å². The van der Waals surface area contributed by atoms with Crippen molar-refractivity contribution >= 4 is 5.57 Å². The molecule has 176 valence electrons. The number of halogens is 1. The number of nitrogens with one attached hydrogen (secondary N) is 1. The average Bonchev–Trinajstić information content (AvgIpc) is 2.83. The SMILES string of the molecule is C=C(c1ccc(-c2ccc(-c3ncn(C)c(=O)n3)cc2O)nn1)[C@@H]1C[C@@]2(C)CCC[C@H](N2)[C@@H]1F. The largest absolute Gasteiger partial charge is 0.507 e. The Kier molecular flexibility index (Phi) is 5.51. The van der Waals surface area contributed by atoms with Crippen molar-refractivity contribution in [3.63, 3.8) is 0 Å². The molecule has 9 heteroatoms. The van der Waals surface area contributed by atoms with E-state index in [-0.39, 0.29) is 29.1 Å².